The second-order valence-corrected chi connectivity index (χ2v) is 7.22. The van der Waals surface area contributed by atoms with Gasteiger partial charge in [-0.25, -0.2) is 9.36 Å². The summed E-state index contributed by atoms with van der Waals surface area (Å²) in [5.41, 5.74) is 1.38. The summed E-state index contributed by atoms with van der Waals surface area (Å²) in [6.45, 7) is 0.375. The van der Waals surface area contributed by atoms with Crippen LogP contribution >= 0.6 is 0 Å². The van der Waals surface area contributed by atoms with E-state index in [1.165, 1.54) is 11.7 Å². The lowest BCUT2D eigenvalue weighted by molar-refractivity contribution is -0.136. The third-order valence-corrected chi connectivity index (χ3v) is 5.75. The van der Waals surface area contributed by atoms with Crippen LogP contribution in [0.15, 0.2) is 35.3 Å². The van der Waals surface area contributed by atoms with Crippen LogP contribution in [0.2, 0.25) is 0 Å². The highest BCUT2D eigenvalue weighted by molar-refractivity contribution is 5.91. The lowest BCUT2D eigenvalue weighted by Gasteiger charge is -2.27. The van der Waals surface area contributed by atoms with Crippen molar-refractivity contribution in [3.05, 3.63) is 52.2 Å². The van der Waals surface area contributed by atoms with E-state index in [9.17, 15) is 20.0 Å². The molecule has 0 aliphatic carbocycles. The number of carbonyl (C=O) groups excluding carboxylic acids is 1. The standard InChI is InChI=1S/C20H17N5O4/c1-29-10-16(26)23-9-12-7-15(23)18-19(27)25(20(28)24(12)18)14-5-4-11(8-21)17-13(14)3-2-6-22-17/h2-6,12,15,27H,7,9-10H2,1H3/t12-,15-/m0/s1. The Morgan fingerprint density at radius 3 is 3.00 bits per heavy atom. The Morgan fingerprint density at radius 2 is 2.24 bits per heavy atom. The third kappa shape index (κ3) is 2.26. The first-order valence-corrected chi connectivity index (χ1v) is 9.19. The van der Waals surface area contributed by atoms with Crippen LogP contribution in [-0.2, 0) is 9.53 Å². The van der Waals surface area contributed by atoms with Crippen LogP contribution in [0.4, 0.5) is 0 Å². The lowest BCUT2D eigenvalue weighted by Crippen LogP contribution is -2.39. The molecule has 4 heterocycles. The number of fused-ring (bicyclic) bond motifs is 6. The fraction of sp³-hybridized carbons (Fsp3) is 0.300. The number of rotatable bonds is 3. The Kier molecular flexibility index (Phi) is 3.72. The first-order chi connectivity index (χ1) is 14.1. The number of nitriles is 1. The largest absolute Gasteiger partial charge is 0.493 e. The van der Waals surface area contributed by atoms with Crippen molar-refractivity contribution in [1.29, 1.82) is 5.26 Å². The van der Waals surface area contributed by atoms with Crippen molar-refractivity contribution in [2.45, 2.75) is 18.5 Å². The molecule has 2 bridgehead atoms. The third-order valence-electron chi connectivity index (χ3n) is 5.75. The number of likely N-dealkylation sites (tertiary alicyclic amines) is 1. The highest BCUT2D eigenvalue weighted by Crippen LogP contribution is 2.48. The summed E-state index contributed by atoms with van der Waals surface area (Å²) in [6.07, 6.45) is 2.18. The zero-order chi connectivity index (χ0) is 20.3. The predicted molar refractivity (Wildman–Crippen MR) is 102 cm³/mol. The van der Waals surface area contributed by atoms with Crippen LogP contribution < -0.4 is 5.69 Å². The average molecular weight is 391 g/mol. The van der Waals surface area contributed by atoms with Crippen LogP contribution in [0.25, 0.3) is 16.6 Å². The van der Waals surface area contributed by atoms with E-state index >= 15 is 0 Å². The Labute approximate surface area is 165 Å². The molecular weight excluding hydrogens is 374 g/mol. The van der Waals surface area contributed by atoms with Gasteiger partial charge in [-0.1, -0.05) is 0 Å². The number of imidazole rings is 1. The van der Waals surface area contributed by atoms with Crippen molar-refractivity contribution >= 4 is 16.8 Å². The number of hydrogen-bond acceptors (Lipinski definition) is 6. The van der Waals surface area contributed by atoms with Crippen LogP contribution in [0.1, 0.15) is 29.8 Å². The molecule has 2 aliphatic heterocycles. The van der Waals surface area contributed by atoms with Gasteiger partial charge in [0.05, 0.1) is 28.9 Å². The normalized spacial score (nSPS) is 19.5. The van der Waals surface area contributed by atoms with Gasteiger partial charge in [0.25, 0.3) is 0 Å². The SMILES string of the molecule is COCC(=O)N1C[C@@H]2C[C@H]1c1c(O)n(-c3ccc(C#N)c4ncccc34)c(=O)n12. The van der Waals surface area contributed by atoms with Crippen LogP contribution in [0, 0.1) is 11.3 Å². The fourth-order valence-electron chi connectivity index (χ4n) is 4.59. The van der Waals surface area contributed by atoms with E-state index in [0.29, 0.717) is 40.8 Å². The van der Waals surface area contributed by atoms with Crippen LogP contribution in [0.5, 0.6) is 5.88 Å². The zero-order valence-electron chi connectivity index (χ0n) is 15.6. The first-order valence-electron chi connectivity index (χ1n) is 9.19. The molecule has 1 aromatic carbocycles. The maximum absolute atomic E-state index is 13.2. The van der Waals surface area contributed by atoms with Gasteiger partial charge in [0.1, 0.15) is 18.4 Å². The molecule has 0 spiro atoms. The number of aromatic hydroxyl groups is 1. The molecule has 146 valence electrons. The van der Waals surface area contributed by atoms with Crippen LogP contribution in [0.3, 0.4) is 0 Å². The maximum Gasteiger partial charge on any atom is 0.336 e. The van der Waals surface area contributed by atoms with E-state index in [-0.39, 0.29) is 36.2 Å². The van der Waals surface area contributed by atoms with Crippen molar-refractivity contribution in [2.24, 2.45) is 0 Å². The summed E-state index contributed by atoms with van der Waals surface area (Å²) < 4.78 is 7.77. The molecule has 3 aromatic rings. The van der Waals surface area contributed by atoms with Gasteiger partial charge in [-0.05, 0) is 30.7 Å². The summed E-state index contributed by atoms with van der Waals surface area (Å²) in [5.74, 6) is -0.355. The fourth-order valence-corrected chi connectivity index (χ4v) is 4.59. The molecule has 0 saturated carbocycles. The molecule has 1 saturated heterocycles. The van der Waals surface area contributed by atoms with Crippen molar-refractivity contribution in [3.63, 3.8) is 0 Å². The number of hydrogen-bond donors (Lipinski definition) is 1. The van der Waals surface area contributed by atoms with E-state index < -0.39 is 0 Å². The van der Waals surface area contributed by atoms with Gasteiger partial charge in [0.15, 0.2) is 0 Å². The number of ether oxygens (including phenoxy) is 1. The number of aromatic nitrogens is 3. The summed E-state index contributed by atoms with van der Waals surface area (Å²) in [5, 5.41) is 20.9. The smallest absolute Gasteiger partial charge is 0.336 e. The Morgan fingerprint density at radius 1 is 1.41 bits per heavy atom. The minimum absolute atomic E-state index is 0.0408. The van der Waals surface area contributed by atoms with Gasteiger partial charge in [-0.3, -0.25) is 14.3 Å². The summed E-state index contributed by atoms with van der Waals surface area (Å²) >= 11 is 0. The van der Waals surface area contributed by atoms with E-state index in [1.54, 1.807) is 39.9 Å². The van der Waals surface area contributed by atoms with Crippen molar-refractivity contribution in [3.8, 4) is 17.6 Å². The van der Waals surface area contributed by atoms with E-state index in [1.807, 2.05) is 0 Å². The first kappa shape index (κ1) is 17.5. The van der Waals surface area contributed by atoms with Crippen LogP contribution in [-0.4, -0.2) is 50.3 Å². The topological polar surface area (TPSA) is 113 Å². The average Bonchev–Trinajstić information content (AvgIpc) is 3.39. The van der Waals surface area contributed by atoms with Crippen molar-refractivity contribution < 1.29 is 14.6 Å². The number of pyridine rings is 1. The predicted octanol–water partition coefficient (Wildman–Crippen LogP) is 1.24. The van der Waals surface area contributed by atoms with Crippen molar-refractivity contribution in [1.82, 2.24) is 19.0 Å². The molecule has 2 aromatic heterocycles. The minimum Gasteiger partial charge on any atom is -0.493 e. The molecule has 9 heteroatoms. The maximum atomic E-state index is 13.2. The molecular formula is C20H17N5O4. The van der Waals surface area contributed by atoms with Gasteiger partial charge in [-0.2, -0.15) is 5.26 Å². The number of benzene rings is 1. The molecule has 1 fully saturated rings. The van der Waals surface area contributed by atoms with E-state index in [4.69, 9.17) is 4.74 Å². The second kappa shape index (κ2) is 6.18. The Bertz CT molecular complexity index is 1270. The monoisotopic (exact) mass is 391 g/mol. The molecule has 2 atom stereocenters. The second-order valence-electron chi connectivity index (χ2n) is 7.22. The van der Waals surface area contributed by atoms with E-state index in [0.717, 1.165) is 0 Å². The van der Waals surface area contributed by atoms with Gasteiger partial charge in [0, 0.05) is 25.2 Å². The molecule has 29 heavy (non-hydrogen) atoms. The minimum atomic E-state index is -0.362. The van der Waals surface area contributed by atoms with Crippen molar-refractivity contribution in [2.75, 3.05) is 20.3 Å². The van der Waals surface area contributed by atoms with E-state index in [2.05, 4.69) is 11.1 Å². The Balaban J connectivity index is 1.70. The lowest BCUT2D eigenvalue weighted by atomic mass is 10.1. The Hall–Kier alpha value is -3.64. The highest BCUT2D eigenvalue weighted by atomic mass is 16.5. The molecule has 0 unspecified atom stereocenters. The highest BCUT2D eigenvalue weighted by Gasteiger charge is 2.49. The summed E-state index contributed by atoms with van der Waals surface area (Å²) in [6, 6.07) is 8.25. The number of methoxy groups -OCH3 is 1. The molecule has 9 nitrogen and oxygen atoms in total. The van der Waals surface area contributed by atoms with Gasteiger partial charge >= 0.3 is 5.69 Å². The molecule has 0 radical (unpaired) electrons. The molecule has 1 N–H and O–H groups in total. The number of amides is 1. The number of carbonyl (C=O) groups is 1. The van der Waals surface area contributed by atoms with Gasteiger partial charge in [-0.15, -0.1) is 0 Å². The molecule has 1 amide bonds. The molecule has 5 rings (SSSR count). The summed E-state index contributed by atoms with van der Waals surface area (Å²) in [7, 11) is 1.46. The zero-order valence-corrected chi connectivity index (χ0v) is 15.6. The number of nitrogens with zero attached hydrogens (tertiary/aromatic N) is 5. The van der Waals surface area contributed by atoms with Gasteiger partial charge in [0.2, 0.25) is 11.8 Å². The summed E-state index contributed by atoms with van der Waals surface area (Å²) in [4.78, 5) is 31.5. The quantitative estimate of drug-likeness (QED) is 0.719. The van der Waals surface area contributed by atoms with Gasteiger partial charge < -0.3 is 14.7 Å². The molecule has 2 aliphatic rings.